The maximum Gasteiger partial charge on any atom is 0.257 e. The summed E-state index contributed by atoms with van der Waals surface area (Å²) in [7, 11) is 3.95. The first-order valence-corrected chi connectivity index (χ1v) is 11.0. The maximum absolute atomic E-state index is 12.8. The Morgan fingerprint density at radius 1 is 0.806 bits per heavy atom. The summed E-state index contributed by atoms with van der Waals surface area (Å²) >= 11 is 1.50. The SMILES string of the molecule is Cc1ccc(-c2nc(NC(=O)c3ccc(N(C)C)cc3)sc2-c2ccc(C)cc2)cc1. The standard InChI is InChI=1S/C26H25N3OS/c1-17-5-9-19(10-6-17)23-24(20-11-7-18(2)8-12-20)31-26(27-23)28-25(30)21-13-15-22(16-14-21)29(3)4/h5-16H,1-4H3,(H,27,28,30). The fourth-order valence-electron chi connectivity index (χ4n) is 3.26. The Morgan fingerprint density at radius 2 is 1.35 bits per heavy atom. The number of nitrogens with one attached hydrogen (secondary N) is 1. The fourth-order valence-corrected chi connectivity index (χ4v) is 4.25. The van der Waals surface area contributed by atoms with Crippen LogP contribution in [0.2, 0.25) is 0 Å². The molecule has 0 radical (unpaired) electrons. The van der Waals surface area contributed by atoms with E-state index < -0.39 is 0 Å². The molecule has 1 N–H and O–H groups in total. The van der Waals surface area contributed by atoms with Crippen LogP contribution in [0.25, 0.3) is 21.7 Å². The van der Waals surface area contributed by atoms with E-state index in [2.05, 4.69) is 67.7 Å². The maximum atomic E-state index is 12.8. The molecule has 0 aliphatic carbocycles. The van der Waals surface area contributed by atoms with Crippen molar-refractivity contribution in [1.29, 1.82) is 0 Å². The van der Waals surface area contributed by atoms with E-state index in [0.29, 0.717) is 10.7 Å². The zero-order valence-corrected chi connectivity index (χ0v) is 19.0. The van der Waals surface area contributed by atoms with Crippen LogP contribution in [-0.4, -0.2) is 25.0 Å². The van der Waals surface area contributed by atoms with Gasteiger partial charge in [-0.25, -0.2) is 4.98 Å². The molecule has 4 aromatic rings. The summed E-state index contributed by atoms with van der Waals surface area (Å²) in [6, 6.07) is 24.3. The Bertz CT molecular complexity index is 1130. The second kappa shape index (κ2) is 8.74. The molecule has 5 heteroatoms. The van der Waals surface area contributed by atoms with E-state index in [0.717, 1.165) is 27.4 Å². The number of thiazole rings is 1. The monoisotopic (exact) mass is 427 g/mol. The second-order valence-corrected chi connectivity index (χ2v) is 8.82. The highest BCUT2D eigenvalue weighted by Gasteiger charge is 2.17. The summed E-state index contributed by atoms with van der Waals surface area (Å²) in [6.45, 7) is 4.14. The third-order valence-electron chi connectivity index (χ3n) is 5.13. The topological polar surface area (TPSA) is 45.2 Å². The van der Waals surface area contributed by atoms with Crippen molar-refractivity contribution < 1.29 is 4.79 Å². The lowest BCUT2D eigenvalue weighted by Crippen LogP contribution is -2.13. The first-order chi connectivity index (χ1) is 14.9. The van der Waals surface area contributed by atoms with Crippen molar-refractivity contribution in [2.75, 3.05) is 24.3 Å². The summed E-state index contributed by atoms with van der Waals surface area (Å²) in [5, 5.41) is 3.58. The number of aromatic nitrogens is 1. The molecule has 0 spiro atoms. The van der Waals surface area contributed by atoms with Gasteiger partial charge in [0.05, 0.1) is 10.6 Å². The van der Waals surface area contributed by atoms with Crippen LogP contribution in [0.4, 0.5) is 10.8 Å². The summed E-state index contributed by atoms with van der Waals surface area (Å²) in [6.07, 6.45) is 0. The molecular weight excluding hydrogens is 402 g/mol. The minimum atomic E-state index is -0.162. The molecule has 0 bridgehead atoms. The van der Waals surface area contributed by atoms with E-state index in [9.17, 15) is 4.79 Å². The van der Waals surface area contributed by atoms with E-state index in [4.69, 9.17) is 4.98 Å². The lowest BCUT2D eigenvalue weighted by molar-refractivity contribution is 0.102. The zero-order valence-electron chi connectivity index (χ0n) is 18.1. The van der Waals surface area contributed by atoms with Gasteiger partial charge in [0.2, 0.25) is 0 Å². The number of aryl methyl sites for hydroxylation is 2. The van der Waals surface area contributed by atoms with Gasteiger partial charge < -0.3 is 4.90 Å². The summed E-state index contributed by atoms with van der Waals surface area (Å²) in [4.78, 5) is 20.7. The Morgan fingerprint density at radius 3 is 1.90 bits per heavy atom. The molecule has 3 aromatic carbocycles. The number of carbonyl (C=O) groups excluding carboxylic acids is 1. The molecule has 1 amide bonds. The third kappa shape index (κ3) is 4.67. The van der Waals surface area contributed by atoms with Crippen LogP contribution in [0.1, 0.15) is 21.5 Å². The average Bonchev–Trinajstić information content (AvgIpc) is 3.18. The van der Waals surface area contributed by atoms with Crippen molar-refractivity contribution in [2.45, 2.75) is 13.8 Å². The average molecular weight is 428 g/mol. The predicted molar refractivity (Wildman–Crippen MR) is 131 cm³/mol. The molecule has 4 nitrogen and oxygen atoms in total. The molecule has 0 aliphatic rings. The minimum absolute atomic E-state index is 0.162. The Hall–Kier alpha value is -3.44. The van der Waals surface area contributed by atoms with Crippen LogP contribution >= 0.6 is 11.3 Å². The van der Waals surface area contributed by atoms with Crippen LogP contribution in [-0.2, 0) is 0 Å². The smallest absolute Gasteiger partial charge is 0.257 e. The first kappa shape index (κ1) is 20.8. The number of benzene rings is 3. The van der Waals surface area contributed by atoms with Gasteiger partial charge in [0.15, 0.2) is 5.13 Å². The molecule has 0 fully saturated rings. The van der Waals surface area contributed by atoms with Gasteiger partial charge in [-0.2, -0.15) is 0 Å². The molecule has 4 rings (SSSR count). The zero-order chi connectivity index (χ0) is 22.0. The number of amides is 1. The van der Waals surface area contributed by atoms with Crippen molar-refractivity contribution in [3.8, 4) is 21.7 Å². The summed E-state index contributed by atoms with van der Waals surface area (Å²) < 4.78 is 0. The van der Waals surface area contributed by atoms with Gasteiger partial charge in [0, 0.05) is 30.9 Å². The van der Waals surface area contributed by atoms with Crippen molar-refractivity contribution in [3.05, 3.63) is 89.5 Å². The molecule has 0 atom stereocenters. The fraction of sp³-hybridized carbons (Fsp3) is 0.154. The highest BCUT2D eigenvalue weighted by molar-refractivity contribution is 7.19. The van der Waals surface area contributed by atoms with E-state index in [1.165, 1.54) is 22.5 Å². The van der Waals surface area contributed by atoms with E-state index in [-0.39, 0.29) is 5.91 Å². The highest BCUT2D eigenvalue weighted by Crippen LogP contribution is 2.39. The number of nitrogens with zero attached hydrogens (tertiary/aromatic N) is 2. The van der Waals surface area contributed by atoms with Crippen LogP contribution in [0.5, 0.6) is 0 Å². The summed E-state index contributed by atoms with van der Waals surface area (Å²) in [5.41, 5.74) is 7.07. The van der Waals surface area contributed by atoms with Crippen LogP contribution in [0.15, 0.2) is 72.8 Å². The molecule has 0 aliphatic heterocycles. The van der Waals surface area contributed by atoms with Crippen LogP contribution in [0.3, 0.4) is 0 Å². The molecule has 1 heterocycles. The second-order valence-electron chi connectivity index (χ2n) is 7.82. The molecule has 0 saturated heterocycles. The lowest BCUT2D eigenvalue weighted by atomic mass is 10.0. The summed E-state index contributed by atoms with van der Waals surface area (Å²) in [5.74, 6) is -0.162. The van der Waals surface area contributed by atoms with Gasteiger partial charge >= 0.3 is 0 Å². The molecular formula is C26H25N3OS. The van der Waals surface area contributed by atoms with Crippen molar-refractivity contribution in [3.63, 3.8) is 0 Å². The van der Waals surface area contributed by atoms with Crippen molar-refractivity contribution in [1.82, 2.24) is 4.98 Å². The predicted octanol–water partition coefficient (Wildman–Crippen LogP) is 6.41. The minimum Gasteiger partial charge on any atom is -0.378 e. The van der Waals surface area contributed by atoms with Gasteiger partial charge in [-0.15, -0.1) is 0 Å². The molecule has 0 saturated carbocycles. The van der Waals surface area contributed by atoms with Crippen molar-refractivity contribution >= 4 is 28.1 Å². The largest absolute Gasteiger partial charge is 0.378 e. The Kier molecular flexibility index (Phi) is 5.87. The number of hydrogen-bond acceptors (Lipinski definition) is 4. The van der Waals surface area contributed by atoms with E-state index in [1.807, 2.05) is 43.3 Å². The Balaban J connectivity index is 1.68. The van der Waals surface area contributed by atoms with E-state index >= 15 is 0 Å². The molecule has 31 heavy (non-hydrogen) atoms. The molecule has 156 valence electrons. The number of anilines is 2. The number of rotatable bonds is 5. The molecule has 0 unspecified atom stereocenters. The first-order valence-electron chi connectivity index (χ1n) is 10.1. The Labute approximate surface area is 187 Å². The highest BCUT2D eigenvalue weighted by atomic mass is 32.1. The normalized spacial score (nSPS) is 10.7. The van der Waals surface area contributed by atoms with Gasteiger partial charge in [-0.1, -0.05) is 71.0 Å². The van der Waals surface area contributed by atoms with Gasteiger partial charge in [0.25, 0.3) is 5.91 Å². The van der Waals surface area contributed by atoms with Gasteiger partial charge in [0.1, 0.15) is 0 Å². The van der Waals surface area contributed by atoms with E-state index in [1.54, 1.807) is 0 Å². The van der Waals surface area contributed by atoms with Crippen molar-refractivity contribution in [2.24, 2.45) is 0 Å². The van der Waals surface area contributed by atoms with Gasteiger partial charge in [-0.3, -0.25) is 10.1 Å². The quantitative estimate of drug-likeness (QED) is 0.400. The number of carbonyl (C=O) groups is 1. The third-order valence-corrected chi connectivity index (χ3v) is 6.15. The van der Waals surface area contributed by atoms with Crippen LogP contribution < -0.4 is 10.2 Å². The van der Waals surface area contributed by atoms with Gasteiger partial charge in [-0.05, 0) is 43.7 Å². The van der Waals surface area contributed by atoms with Crippen LogP contribution in [0, 0.1) is 13.8 Å². The lowest BCUT2D eigenvalue weighted by Gasteiger charge is -2.12. The molecule has 1 aromatic heterocycles. The number of hydrogen-bond donors (Lipinski definition) is 1.